The SMILES string of the molecule is COc1cc(/C=C/C(=O)N2CCCC(C)C2CN)cc2c1OCCO2. The zero-order valence-corrected chi connectivity index (χ0v) is 14.9. The van der Waals surface area contributed by atoms with Gasteiger partial charge in [0, 0.05) is 25.2 Å². The van der Waals surface area contributed by atoms with Crippen LogP contribution in [0.5, 0.6) is 17.2 Å². The number of ether oxygens (including phenoxy) is 3. The molecular weight excluding hydrogens is 320 g/mol. The van der Waals surface area contributed by atoms with Crippen molar-refractivity contribution in [1.82, 2.24) is 4.90 Å². The maximum Gasteiger partial charge on any atom is 0.246 e. The van der Waals surface area contributed by atoms with Crippen LogP contribution in [-0.2, 0) is 4.79 Å². The van der Waals surface area contributed by atoms with Gasteiger partial charge in [0.05, 0.1) is 7.11 Å². The lowest BCUT2D eigenvalue weighted by atomic mass is 9.90. The van der Waals surface area contributed by atoms with Crippen molar-refractivity contribution in [2.45, 2.75) is 25.8 Å². The number of nitrogens with zero attached hydrogens (tertiary/aromatic N) is 1. The number of fused-ring (bicyclic) bond motifs is 1. The summed E-state index contributed by atoms with van der Waals surface area (Å²) in [5, 5.41) is 0. The summed E-state index contributed by atoms with van der Waals surface area (Å²) >= 11 is 0. The highest BCUT2D eigenvalue weighted by Crippen LogP contribution is 2.40. The Morgan fingerprint density at radius 3 is 2.96 bits per heavy atom. The normalized spacial score (nSPS) is 22.9. The minimum absolute atomic E-state index is 0.00384. The van der Waals surface area contributed by atoms with Gasteiger partial charge in [-0.3, -0.25) is 4.79 Å². The van der Waals surface area contributed by atoms with Crippen molar-refractivity contribution in [2.75, 3.05) is 33.4 Å². The zero-order valence-electron chi connectivity index (χ0n) is 14.9. The molecule has 1 fully saturated rings. The van der Waals surface area contributed by atoms with E-state index >= 15 is 0 Å². The van der Waals surface area contributed by atoms with Gasteiger partial charge in [0.25, 0.3) is 0 Å². The number of hydrogen-bond donors (Lipinski definition) is 1. The Hall–Kier alpha value is -2.21. The monoisotopic (exact) mass is 346 g/mol. The van der Waals surface area contributed by atoms with Crippen molar-refractivity contribution in [1.29, 1.82) is 0 Å². The summed E-state index contributed by atoms with van der Waals surface area (Å²) in [4.78, 5) is 14.5. The van der Waals surface area contributed by atoms with E-state index in [9.17, 15) is 4.79 Å². The number of hydrogen-bond acceptors (Lipinski definition) is 5. The molecule has 1 aromatic rings. The average Bonchev–Trinajstić information content (AvgIpc) is 2.65. The molecule has 3 rings (SSSR count). The summed E-state index contributed by atoms with van der Waals surface area (Å²) < 4.78 is 16.6. The summed E-state index contributed by atoms with van der Waals surface area (Å²) in [6, 6.07) is 3.82. The van der Waals surface area contributed by atoms with E-state index in [1.807, 2.05) is 17.0 Å². The van der Waals surface area contributed by atoms with Gasteiger partial charge in [0.2, 0.25) is 11.7 Å². The van der Waals surface area contributed by atoms with Crippen LogP contribution in [0.15, 0.2) is 18.2 Å². The number of piperidine rings is 1. The molecule has 25 heavy (non-hydrogen) atoms. The van der Waals surface area contributed by atoms with Crippen molar-refractivity contribution >= 4 is 12.0 Å². The van der Waals surface area contributed by atoms with Crippen molar-refractivity contribution in [3.63, 3.8) is 0 Å². The maximum atomic E-state index is 12.6. The number of likely N-dealkylation sites (tertiary alicyclic amines) is 1. The summed E-state index contributed by atoms with van der Waals surface area (Å²) in [6.07, 6.45) is 5.53. The van der Waals surface area contributed by atoms with Crippen molar-refractivity contribution in [3.8, 4) is 17.2 Å². The molecule has 2 atom stereocenters. The van der Waals surface area contributed by atoms with E-state index in [1.165, 1.54) is 0 Å². The first-order chi connectivity index (χ1) is 12.1. The predicted octanol–water partition coefficient (Wildman–Crippen LogP) is 2.07. The van der Waals surface area contributed by atoms with Gasteiger partial charge >= 0.3 is 0 Å². The van der Waals surface area contributed by atoms with Gasteiger partial charge in [-0.25, -0.2) is 0 Å². The topological polar surface area (TPSA) is 74.0 Å². The number of benzene rings is 1. The van der Waals surface area contributed by atoms with Crippen LogP contribution in [-0.4, -0.2) is 50.3 Å². The first kappa shape index (κ1) is 17.6. The molecular formula is C19H26N2O4. The number of carbonyl (C=O) groups excluding carboxylic acids is 1. The Labute approximate surface area is 148 Å². The fraction of sp³-hybridized carbons (Fsp3) is 0.526. The fourth-order valence-electron chi connectivity index (χ4n) is 3.54. The molecule has 2 aliphatic rings. The molecule has 0 aromatic heterocycles. The summed E-state index contributed by atoms with van der Waals surface area (Å²) in [6.45, 7) is 4.43. The Morgan fingerprint density at radius 2 is 2.20 bits per heavy atom. The Bertz CT molecular complexity index is 642. The summed E-state index contributed by atoms with van der Waals surface area (Å²) in [5.41, 5.74) is 6.72. The van der Waals surface area contributed by atoms with Crippen LogP contribution in [0.25, 0.3) is 6.08 Å². The molecule has 0 aliphatic carbocycles. The summed E-state index contributed by atoms with van der Waals surface area (Å²) in [7, 11) is 1.59. The molecule has 0 radical (unpaired) electrons. The van der Waals surface area contributed by atoms with Gasteiger partial charge in [-0.05, 0) is 42.5 Å². The smallest absolute Gasteiger partial charge is 0.246 e. The molecule has 0 spiro atoms. The average molecular weight is 346 g/mol. The number of nitrogens with two attached hydrogens (primary N) is 1. The van der Waals surface area contributed by atoms with Crippen molar-refractivity contribution in [3.05, 3.63) is 23.8 Å². The third kappa shape index (κ3) is 3.74. The van der Waals surface area contributed by atoms with E-state index in [1.54, 1.807) is 19.3 Å². The van der Waals surface area contributed by atoms with Crippen LogP contribution < -0.4 is 19.9 Å². The van der Waals surface area contributed by atoms with Crippen LogP contribution in [0, 0.1) is 5.92 Å². The lowest BCUT2D eigenvalue weighted by Gasteiger charge is -2.38. The minimum atomic E-state index is -0.00384. The largest absolute Gasteiger partial charge is 0.493 e. The number of rotatable bonds is 4. The van der Waals surface area contributed by atoms with Gasteiger partial charge in [-0.15, -0.1) is 0 Å². The first-order valence-electron chi connectivity index (χ1n) is 8.80. The molecule has 2 N–H and O–H groups in total. The Balaban J connectivity index is 1.78. The molecule has 1 aromatic carbocycles. The maximum absolute atomic E-state index is 12.6. The van der Waals surface area contributed by atoms with Gasteiger partial charge in [0.15, 0.2) is 11.5 Å². The molecule has 1 amide bonds. The van der Waals surface area contributed by atoms with Gasteiger partial charge in [-0.2, -0.15) is 0 Å². The second-order valence-electron chi connectivity index (χ2n) is 6.53. The molecule has 0 bridgehead atoms. The minimum Gasteiger partial charge on any atom is -0.493 e. The number of carbonyl (C=O) groups is 1. The molecule has 136 valence electrons. The highest BCUT2D eigenvalue weighted by atomic mass is 16.6. The molecule has 6 nitrogen and oxygen atoms in total. The van der Waals surface area contributed by atoms with E-state index in [0.717, 1.165) is 24.9 Å². The van der Waals surface area contributed by atoms with Crippen LogP contribution in [0.1, 0.15) is 25.3 Å². The van der Waals surface area contributed by atoms with E-state index < -0.39 is 0 Å². The van der Waals surface area contributed by atoms with Crippen LogP contribution in [0.3, 0.4) is 0 Å². The molecule has 0 saturated carbocycles. The third-order valence-electron chi connectivity index (χ3n) is 4.91. The summed E-state index contributed by atoms with van der Waals surface area (Å²) in [5.74, 6) is 2.30. The molecule has 2 heterocycles. The highest BCUT2D eigenvalue weighted by Gasteiger charge is 2.29. The fourth-order valence-corrected chi connectivity index (χ4v) is 3.54. The first-order valence-corrected chi connectivity index (χ1v) is 8.80. The zero-order chi connectivity index (χ0) is 17.8. The predicted molar refractivity (Wildman–Crippen MR) is 96.0 cm³/mol. The number of amides is 1. The van der Waals surface area contributed by atoms with E-state index in [2.05, 4.69) is 6.92 Å². The lowest BCUT2D eigenvalue weighted by Crippen LogP contribution is -2.50. The molecule has 2 unspecified atom stereocenters. The third-order valence-corrected chi connectivity index (χ3v) is 4.91. The van der Waals surface area contributed by atoms with E-state index in [0.29, 0.717) is 42.9 Å². The highest BCUT2D eigenvalue weighted by molar-refractivity contribution is 5.92. The van der Waals surface area contributed by atoms with Gasteiger partial charge < -0.3 is 24.8 Å². The second kappa shape index (κ2) is 7.78. The van der Waals surface area contributed by atoms with Crippen molar-refractivity contribution in [2.24, 2.45) is 11.7 Å². The Kier molecular flexibility index (Phi) is 5.48. The molecule has 6 heteroatoms. The standard InChI is InChI=1S/C19H26N2O4/c1-13-4-3-7-21(15(13)12-20)18(22)6-5-14-10-16(23-2)19-17(11-14)24-8-9-25-19/h5-6,10-11,13,15H,3-4,7-9,12,20H2,1-2H3/b6-5+. The van der Waals surface area contributed by atoms with Crippen LogP contribution in [0.4, 0.5) is 0 Å². The van der Waals surface area contributed by atoms with E-state index in [4.69, 9.17) is 19.9 Å². The second-order valence-corrected chi connectivity index (χ2v) is 6.53. The van der Waals surface area contributed by atoms with Crippen molar-refractivity contribution < 1.29 is 19.0 Å². The van der Waals surface area contributed by atoms with E-state index in [-0.39, 0.29) is 11.9 Å². The van der Waals surface area contributed by atoms with Crippen LogP contribution in [0.2, 0.25) is 0 Å². The molecule has 1 saturated heterocycles. The van der Waals surface area contributed by atoms with Gasteiger partial charge in [0.1, 0.15) is 13.2 Å². The Morgan fingerprint density at radius 1 is 1.40 bits per heavy atom. The number of methoxy groups -OCH3 is 1. The van der Waals surface area contributed by atoms with Gasteiger partial charge in [-0.1, -0.05) is 6.92 Å². The quantitative estimate of drug-likeness (QED) is 0.845. The lowest BCUT2D eigenvalue weighted by molar-refractivity contribution is -0.130. The van der Waals surface area contributed by atoms with Crippen LogP contribution >= 0.6 is 0 Å². The molecule has 2 aliphatic heterocycles.